The molecule has 0 aliphatic heterocycles. The van der Waals surface area contributed by atoms with Crippen LogP contribution in [0.25, 0.3) is 0 Å². The predicted molar refractivity (Wildman–Crippen MR) is 73.6 cm³/mol. The third kappa shape index (κ3) is 3.30. The second-order valence-electron chi connectivity index (χ2n) is 2.65. The molecule has 0 spiro atoms. The van der Waals surface area contributed by atoms with Gasteiger partial charge in [-0.3, -0.25) is 4.79 Å². The largest absolute Gasteiger partial charge is 0.478 e. The number of hydrogen-bond acceptors (Lipinski definition) is 2. The van der Waals surface area contributed by atoms with E-state index in [1.807, 2.05) is 45.2 Å². The average molecular weight is 431 g/mol. The number of alkyl halides is 1. The number of nitrogens with one attached hydrogen (secondary N) is 1. The van der Waals surface area contributed by atoms with Crippen molar-refractivity contribution >= 4 is 62.7 Å². The first-order valence-electron chi connectivity index (χ1n) is 3.94. The highest BCUT2D eigenvalue weighted by molar-refractivity contribution is 14.1. The normalized spacial score (nSPS) is 9.73. The third-order valence-corrected chi connectivity index (χ3v) is 3.22. The minimum absolute atomic E-state index is 0.111. The molecule has 0 atom stereocenters. The van der Waals surface area contributed by atoms with Gasteiger partial charge in [-0.1, -0.05) is 28.7 Å². The molecule has 0 saturated heterocycles. The molecule has 0 saturated carbocycles. The number of carbonyl (C=O) groups is 2. The van der Waals surface area contributed by atoms with Crippen LogP contribution in [0.3, 0.4) is 0 Å². The van der Waals surface area contributed by atoms with Crippen molar-refractivity contribution in [2.45, 2.75) is 0 Å². The van der Waals surface area contributed by atoms with Gasteiger partial charge in [-0.15, -0.1) is 0 Å². The molecule has 80 valence electrons. The van der Waals surface area contributed by atoms with Gasteiger partial charge in [0.05, 0.1) is 15.7 Å². The number of anilines is 1. The molecule has 6 heteroatoms. The Morgan fingerprint density at radius 1 is 1.40 bits per heavy atom. The van der Waals surface area contributed by atoms with E-state index in [0.717, 1.165) is 0 Å². The molecular weight excluding hydrogens is 424 g/mol. The monoisotopic (exact) mass is 431 g/mol. The Hall–Kier alpha value is -0.380. The first kappa shape index (κ1) is 12.7. The molecule has 0 radical (unpaired) electrons. The van der Waals surface area contributed by atoms with E-state index in [1.54, 1.807) is 12.1 Å². The molecule has 0 aromatic heterocycles. The topological polar surface area (TPSA) is 66.4 Å². The maximum atomic E-state index is 11.2. The van der Waals surface area contributed by atoms with Crippen LogP contribution < -0.4 is 5.32 Å². The molecule has 2 N–H and O–H groups in total. The molecule has 1 rings (SSSR count). The van der Waals surface area contributed by atoms with Crippen molar-refractivity contribution in [3.8, 4) is 0 Å². The fourth-order valence-corrected chi connectivity index (χ4v) is 1.83. The summed E-state index contributed by atoms with van der Waals surface area (Å²) < 4.78 is 1.01. The highest BCUT2D eigenvalue weighted by Crippen LogP contribution is 2.23. The molecule has 0 aliphatic carbocycles. The van der Waals surface area contributed by atoms with E-state index in [9.17, 15) is 9.59 Å². The molecule has 0 unspecified atom stereocenters. The van der Waals surface area contributed by atoms with Crippen molar-refractivity contribution in [2.24, 2.45) is 0 Å². The highest BCUT2D eigenvalue weighted by atomic mass is 127. The number of hydrogen-bond donors (Lipinski definition) is 2. The molecule has 1 amide bonds. The van der Waals surface area contributed by atoms with Crippen molar-refractivity contribution in [2.75, 3.05) is 9.74 Å². The maximum Gasteiger partial charge on any atom is 0.337 e. The van der Waals surface area contributed by atoms with Crippen LogP contribution in [-0.2, 0) is 4.79 Å². The first-order chi connectivity index (χ1) is 7.06. The lowest BCUT2D eigenvalue weighted by atomic mass is 10.2. The lowest BCUT2D eigenvalue weighted by Crippen LogP contribution is -2.16. The molecule has 0 bridgehead atoms. The fraction of sp³-hybridized carbons (Fsp3) is 0.111. The quantitative estimate of drug-likeness (QED) is 0.571. The molecule has 1 aromatic rings. The second kappa shape index (κ2) is 5.64. The summed E-state index contributed by atoms with van der Waals surface area (Å²) >= 11 is 3.91. The summed E-state index contributed by atoms with van der Waals surface area (Å²) in [7, 11) is 0. The average Bonchev–Trinajstić information content (AvgIpc) is 2.20. The molecule has 4 nitrogen and oxygen atoms in total. The van der Waals surface area contributed by atoms with Gasteiger partial charge in [-0.25, -0.2) is 4.79 Å². The Kier molecular flexibility index (Phi) is 4.77. The van der Waals surface area contributed by atoms with Crippen LogP contribution in [0.4, 0.5) is 5.69 Å². The number of para-hydroxylation sites is 1. The van der Waals surface area contributed by atoms with Crippen molar-refractivity contribution in [1.82, 2.24) is 0 Å². The van der Waals surface area contributed by atoms with Gasteiger partial charge < -0.3 is 10.4 Å². The number of carboxylic acid groups (broad SMARTS) is 1. The number of rotatable bonds is 3. The lowest BCUT2D eigenvalue weighted by Gasteiger charge is -2.09. The molecule has 15 heavy (non-hydrogen) atoms. The minimum Gasteiger partial charge on any atom is -0.478 e. The smallest absolute Gasteiger partial charge is 0.337 e. The maximum absolute atomic E-state index is 11.2. The highest BCUT2D eigenvalue weighted by Gasteiger charge is 2.14. The van der Waals surface area contributed by atoms with Crippen molar-refractivity contribution in [3.63, 3.8) is 0 Å². The molecule has 0 fully saturated rings. The summed E-state index contributed by atoms with van der Waals surface area (Å²) in [6.45, 7) is 0. The summed E-state index contributed by atoms with van der Waals surface area (Å²) in [6.07, 6.45) is 0. The Balaban J connectivity index is 3.13. The van der Waals surface area contributed by atoms with E-state index < -0.39 is 5.97 Å². The van der Waals surface area contributed by atoms with Gasteiger partial charge in [0.2, 0.25) is 5.91 Å². The van der Waals surface area contributed by atoms with E-state index in [4.69, 9.17) is 5.11 Å². The number of halogens is 2. The number of aromatic carboxylic acids is 1. The number of benzene rings is 1. The SMILES string of the molecule is O=C(CI)Nc1c(I)cccc1C(=O)O. The zero-order valence-corrected chi connectivity index (χ0v) is 11.8. The Morgan fingerprint density at radius 3 is 2.60 bits per heavy atom. The molecule has 1 aromatic carbocycles. The molecular formula is C9H7I2NO3. The van der Waals surface area contributed by atoms with E-state index in [-0.39, 0.29) is 11.5 Å². The summed E-state index contributed by atoms with van der Waals surface area (Å²) in [4.78, 5) is 22.1. The van der Waals surface area contributed by atoms with E-state index in [2.05, 4.69) is 5.32 Å². The van der Waals surface area contributed by atoms with Gasteiger partial charge in [0.25, 0.3) is 0 Å². The van der Waals surface area contributed by atoms with Crippen molar-refractivity contribution in [3.05, 3.63) is 27.3 Å². The lowest BCUT2D eigenvalue weighted by molar-refractivity contribution is -0.113. The van der Waals surface area contributed by atoms with E-state index in [1.165, 1.54) is 6.07 Å². The van der Waals surface area contributed by atoms with Gasteiger partial charge in [0.15, 0.2) is 0 Å². The van der Waals surface area contributed by atoms with Crippen LogP contribution in [0.1, 0.15) is 10.4 Å². The minimum atomic E-state index is -1.04. The van der Waals surface area contributed by atoms with E-state index >= 15 is 0 Å². The number of carboxylic acids is 1. The summed E-state index contributed by atoms with van der Waals surface area (Å²) in [5.41, 5.74) is 0.479. The number of amides is 1. The summed E-state index contributed by atoms with van der Waals surface area (Å²) in [5.74, 6) is -1.25. The van der Waals surface area contributed by atoms with Crippen LogP contribution in [-0.4, -0.2) is 21.4 Å². The van der Waals surface area contributed by atoms with Crippen LogP contribution >= 0.6 is 45.2 Å². The Morgan fingerprint density at radius 2 is 2.07 bits per heavy atom. The Labute approximate surface area is 114 Å². The zero-order chi connectivity index (χ0) is 11.4. The van der Waals surface area contributed by atoms with Gasteiger partial charge in [-0.2, -0.15) is 0 Å². The van der Waals surface area contributed by atoms with Crippen LogP contribution in [0.15, 0.2) is 18.2 Å². The summed E-state index contributed by atoms with van der Waals surface area (Å²) in [5, 5.41) is 11.5. The fourth-order valence-electron chi connectivity index (χ4n) is 1.00. The van der Waals surface area contributed by atoms with E-state index in [0.29, 0.717) is 13.7 Å². The van der Waals surface area contributed by atoms with Crippen LogP contribution in [0, 0.1) is 3.57 Å². The predicted octanol–water partition coefficient (Wildman–Crippen LogP) is 2.36. The molecule has 0 heterocycles. The van der Waals surface area contributed by atoms with Gasteiger partial charge >= 0.3 is 5.97 Å². The first-order valence-corrected chi connectivity index (χ1v) is 6.54. The van der Waals surface area contributed by atoms with Crippen molar-refractivity contribution in [1.29, 1.82) is 0 Å². The van der Waals surface area contributed by atoms with Crippen molar-refractivity contribution < 1.29 is 14.7 Å². The standard InChI is InChI=1S/C9H7I2NO3/c10-4-7(13)12-8-5(9(14)15)2-1-3-6(8)11/h1-3H,4H2,(H,12,13)(H,14,15). The second-order valence-corrected chi connectivity index (χ2v) is 4.57. The van der Waals surface area contributed by atoms with Crippen LogP contribution in [0.5, 0.6) is 0 Å². The number of carbonyl (C=O) groups excluding carboxylic acids is 1. The van der Waals surface area contributed by atoms with Gasteiger partial charge in [-0.05, 0) is 34.7 Å². The third-order valence-electron chi connectivity index (χ3n) is 1.63. The van der Waals surface area contributed by atoms with Gasteiger partial charge in [0.1, 0.15) is 0 Å². The molecule has 0 aliphatic rings. The zero-order valence-electron chi connectivity index (χ0n) is 7.46. The Bertz CT molecular complexity index is 406. The summed E-state index contributed by atoms with van der Waals surface area (Å²) in [6, 6.07) is 4.86. The van der Waals surface area contributed by atoms with Crippen LogP contribution in [0.2, 0.25) is 0 Å². The van der Waals surface area contributed by atoms with Gasteiger partial charge in [0, 0.05) is 3.57 Å².